The van der Waals surface area contributed by atoms with E-state index in [-0.39, 0.29) is 20.6 Å². The summed E-state index contributed by atoms with van der Waals surface area (Å²) in [6, 6.07) is 16.7. The average molecular weight is 338 g/mol. The summed E-state index contributed by atoms with van der Waals surface area (Å²) in [6.07, 6.45) is 0. The first-order valence-electron chi connectivity index (χ1n) is 6.50. The van der Waals surface area contributed by atoms with E-state index in [4.69, 9.17) is 14.7 Å². The predicted octanol–water partition coefficient (Wildman–Crippen LogP) is 4.97. The first-order chi connectivity index (χ1) is 10.6. The zero-order valence-corrected chi connectivity index (χ0v) is 13.3. The van der Waals surface area contributed by atoms with Gasteiger partial charge < -0.3 is 9.47 Å². The molecule has 136 valence electrons. The van der Waals surface area contributed by atoms with Gasteiger partial charge >= 0.3 is 0 Å². The molecule has 24 heavy (non-hydrogen) atoms. The third kappa shape index (κ3) is 12.2. The Morgan fingerprint density at radius 3 is 1.46 bits per heavy atom. The lowest BCUT2D eigenvalue weighted by molar-refractivity contribution is -0.214. The Hall–Kier alpha value is -2.37. The highest BCUT2D eigenvalue weighted by atomic mass is 17.1. The van der Waals surface area contributed by atoms with Crippen molar-refractivity contribution in [3.63, 3.8) is 0 Å². The molecule has 0 saturated heterocycles. The van der Waals surface area contributed by atoms with Crippen molar-refractivity contribution < 1.29 is 24.4 Å². The first kappa shape index (κ1) is 26.5. The molecule has 0 aliphatic carbocycles. The van der Waals surface area contributed by atoms with Gasteiger partial charge in [0, 0.05) is 5.56 Å². The summed E-state index contributed by atoms with van der Waals surface area (Å²) in [5, 5.41) is 7.07. The highest BCUT2D eigenvalue weighted by Crippen LogP contribution is 2.11. The summed E-state index contributed by atoms with van der Waals surface area (Å²) < 4.78 is 9.85. The van der Waals surface area contributed by atoms with Crippen LogP contribution in [0, 0.1) is 0 Å². The van der Waals surface area contributed by atoms with Gasteiger partial charge in [-0.2, -0.15) is 0 Å². The Kier molecular flexibility index (Phi) is 18.8. The van der Waals surface area contributed by atoms with E-state index in [0.717, 1.165) is 11.5 Å². The fourth-order valence-corrected chi connectivity index (χ4v) is 1.38. The van der Waals surface area contributed by atoms with Gasteiger partial charge in [0.25, 0.3) is 0 Å². The zero-order chi connectivity index (χ0) is 16.8. The maximum Gasteiger partial charge on any atom is 0.159 e. The smallest absolute Gasteiger partial charge is 0.159 e. The minimum atomic E-state index is 0. The molecule has 0 aliphatic heterocycles. The third-order valence-electron chi connectivity index (χ3n) is 2.48. The first-order valence-corrected chi connectivity index (χ1v) is 6.50. The van der Waals surface area contributed by atoms with Gasteiger partial charge in [0.05, 0.1) is 21.3 Å². The van der Waals surface area contributed by atoms with Crippen LogP contribution in [-0.4, -0.2) is 32.4 Å². The maximum atomic E-state index is 10.8. The Labute approximate surface area is 145 Å². The monoisotopic (exact) mass is 338 g/mol. The number of hydrogen-bond acceptors (Lipinski definition) is 5. The molecule has 1 N–H and O–H groups in total. The van der Waals surface area contributed by atoms with Gasteiger partial charge in [-0.25, -0.2) is 4.89 Å². The van der Waals surface area contributed by atoms with Gasteiger partial charge in [-0.05, 0) is 43.3 Å². The van der Waals surface area contributed by atoms with Crippen molar-refractivity contribution in [1.82, 2.24) is 0 Å². The number of ether oxygens (including phenoxy) is 2. The van der Waals surface area contributed by atoms with Crippen molar-refractivity contribution in [2.75, 3.05) is 21.3 Å². The van der Waals surface area contributed by atoms with Crippen molar-refractivity contribution in [1.29, 1.82) is 0 Å². The van der Waals surface area contributed by atoms with E-state index >= 15 is 0 Å². The lowest BCUT2D eigenvalue weighted by Gasteiger charge is -1.98. The molecule has 0 atom stereocenters. The van der Waals surface area contributed by atoms with Crippen molar-refractivity contribution in [3.8, 4) is 11.5 Å². The lowest BCUT2D eigenvalue weighted by Crippen LogP contribution is -1.91. The molecule has 0 unspecified atom stereocenters. The highest BCUT2D eigenvalue weighted by molar-refractivity contribution is 5.94. The largest absolute Gasteiger partial charge is 0.497 e. The second kappa shape index (κ2) is 17.0. The van der Waals surface area contributed by atoms with E-state index < -0.39 is 0 Å². The predicted molar refractivity (Wildman–Crippen MR) is 99.1 cm³/mol. The van der Waals surface area contributed by atoms with Crippen LogP contribution in [0.3, 0.4) is 0 Å². The Morgan fingerprint density at radius 1 is 0.792 bits per heavy atom. The summed E-state index contributed by atoms with van der Waals surface area (Å²) in [5.41, 5.74) is 0.714. The molecule has 0 spiro atoms. The molecule has 0 bridgehead atoms. The molecule has 0 saturated carbocycles. The number of rotatable bonds is 3. The normalized spacial score (nSPS) is 7.88. The van der Waals surface area contributed by atoms with Crippen LogP contribution in [0.15, 0.2) is 54.6 Å². The van der Waals surface area contributed by atoms with E-state index in [1.54, 1.807) is 45.4 Å². The maximum absolute atomic E-state index is 10.8. The molecule has 0 aliphatic rings. The average Bonchev–Trinajstić information content (AvgIpc) is 2.57. The fourth-order valence-electron chi connectivity index (χ4n) is 1.38. The van der Waals surface area contributed by atoms with Crippen LogP contribution in [0.4, 0.5) is 0 Å². The Morgan fingerprint density at radius 2 is 1.17 bits per heavy atom. The van der Waals surface area contributed by atoms with Crippen LogP contribution >= 0.6 is 0 Å². The Bertz CT molecular complexity index is 509. The van der Waals surface area contributed by atoms with E-state index in [2.05, 4.69) is 4.89 Å². The summed E-state index contributed by atoms with van der Waals surface area (Å²) in [5.74, 6) is 1.76. The number of ketones is 1. The van der Waals surface area contributed by atoms with Gasteiger partial charge in [0.1, 0.15) is 11.5 Å². The lowest BCUT2D eigenvalue weighted by atomic mass is 10.1. The number of methoxy groups -OCH3 is 2. The standard InChI is InChI=1S/C9H10O2.C7H8O.CH4O2.2CH4/c1-7(10)8-3-5-9(11-2)6-4-8;1-8-7-5-3-2-4-6-7;1-3-2;;/h3-6H,1-2H3;2-6H,1H3;2H,1H3;2*1H4. The third-order valence-corrected chi connectivity index (χ3v) is 2.48. The quantitative estimate of drug-likeness (QED) is 0.486. The summed E-state index contributed by atoms with van der Waals surface area (Å²) in [7, 11) is 4.44. The van der Waals surface area contributed by atoms with Gasteiger partial charge in [0.15, 0.2) is 5.78 Å². The second-order valence-electron chi connectivity index (χ2n) is 3.98. The van der Waals surface area contributed by atoms with Gasteiger partial charge in [-0.1, -0.05) is 33.1 Å². The van der Waals surface area contributed by atoms with E-state index in [0.29, 0.717) is 5.56 Å². The van der Waals surface area contributed by atoms with E-state index in [9.17, 15) is 4.79 Å². The minimum Gasteiger partial charge on any atom is -0.497 e. The van der Waals surface area contributed by atoms with Crippen molar-refractivity contribution in [2.45, 2.75) is 21.8 Å². The summed E-state index contributed by atoms with van der Waals surface area (Å²) >= 11 is 0. The van der Waals surface area contributed by atoms with Crippen LogP contribution < -0.4 is 9.47 Å². The highest BCUT2D eigenvalue weighted by Gasteiger charge is 1.97. The number of hydrogen-bond donors (Lipinski definition) is 1. The van der Waals surface area contributed by atoms with E-state index in [1.807, 2.05) is 30.3 Å². The molecule has 5 heteroatoms. The SMILES string of the molecule is C.C.COO.COc1ccc(C(C)=O)cc1.COc1ccccc1. The Balaban J connectivity index is -0.000000303. The van der Waals surface area contributed by atoms with E-state index in [1.165, 1.54) is 7.11 Å². The molecular formula is C19H30O5. The molecule has 2 aromatic rings. The second-order valence-corrected chi connectivity index (χ2v) is 3.98. The molecule has 0 aromatic heterocycles. The molecule has 0 radical (unpaired) electrons. The van der Waals surface area contributed by atoms with Gasteiger partial charge in [-0.15, -0.1) is 0 Å². The molecule has 0 fully saturated rings. The van der Waals surface area contributed by atoms with Crippen LogP contribution in [0.2, 0.25) is 0 Å². The molecule has 2 aromatic carbocycles. The van der Waals surface area contributed by atoms with Crippen LogP contribution in [0.1, 0.15) is 32.1 Å². The summed E-state index contributed by atoms with van der Waals surface area (Å²) in [4.78, 5) is 14.1. The number of carbonyl (C=O) groups excluding carboxylic acids is 1. The molecule has 0 amide bonds. The van der Waals surface area contributed by atoms with Crippen LogP contribution in [0.25, 0.3) is 0 Å². The van der Waals surface area contributed by atoms with Crippen LogP contribution in [0.5, 0.6) is 11.5 Å². The van der Waals surface area contributed by atoms with Crippen LogP contribution in [-0.2, 0) is 4.89 Å². The van der Waals surface area contributed by atoms with Crippen molar-refractivity contribution in [3.05, 3.63) is 60.2 Å². The van der Waals surface area contributed by atoms with Crippen molar-refractivity contribution >= 4 is 5.78 Å². The zero-order valence-electron chi connectivity index (χ0n) is 13.3. The number of para-hydroxylation sites is 1. The molecule has 5 nitrogen and oxygen atoms in total. The fraction of sp³-hybridized carbons (Fsp3) is 0.316. The topological polar surface area (TPSA) is 65.0 Å². The molecule has 0 heterocycles. The number of carbonyl (C=O) groups is 1. The minimum absolute atomic E-state index is 0. The summed E-state index contributed by atoms with van der Waals surface area (Å²) in [6.45, 7) is 1.54. The molecule has 2 rings (SSSR count). The number of benzene rings is 2. The van der Waals surface area contributed by atoms with Gasteiger partial charge in [-0.3, -0.25) is 10.1 Å². The van der Waals surface area contributed by atoms with Crippen molar-refractivity contribution in [2.24, 2.45) is 0 Å². The molecular weight excluding hydrogens is 308 g/mol. The number of Topliss-reactive ketones (excluding diaryl/α,β-unsaturated/α-hetero) is 1. The van der Waals surface area contributed by atoms with Gasteiger partial charge in [0.2, 0.25) is 0 Å².